The topological polar surface area (TPSA) is 66.5 Å². The minimum atomic E-state index is -3.35. The van der Waals surface area contributed by atoms with Gasteiger partial charge in [0, 0.05) is 25.6 Å². The summed E-state index contributed by atoms with van der Waals surface area (Å²) in [5.41, 5.74) is 0.977. The maximum atomic E-state index is 12.4. The van der Waals surface area contributed by atoms with Crippen LogP contribution in [-0.2, 0) is 21.2 Å². The standard InChI is InChI=1S/C17H26N2O3S/c1-3-14(2)18-17(20)11-8-15-6-9-16(10-7-15)23(21,22)19-12-4-5-13-19/h6-7,9-10,14H,3-5,8,11-13H2,1-2H3,(H,18,20)/t14-/m0/s1. The van der Waals surface area contributed by atoms with Crippen LogP contribution in [0.4, 0.5) is 0 Å². The van der Waals surface area contributed by atoms with E-state index in [9.17, 15) is 13.2 Å². The highest BCUT2D eigenvalue weighted by atomic mass is 32.2. The van der Waals surface area contributed by atoms with Gasteiger partial charge in [-0.15, -0.1) is 0 Å². The lowest BCUT2D eigenvalue weighted by atomic mass is 10.1. The number of carbonyl (C=O) groups excluding carboxylic acids is 1. The molecule has 1 fully saturated rings. The molecule has 0 bridgehead atoms. The second-order valence-corrected chi connectivity index (χ2v) is 8.07. The van der Waals surface area contributed by atoms with Crippen LogP contribution < -0.4 is 5.32 Å². The molecule has 0 aliphatic carbocycles. The van der Waals surface area contributed by atoms with Crippen LogP contribution in [-0.4, -0.2) is 37.8 Å². The molecular weight excluding hydrogens is 312 g/mol. The normalized spacial score (nSPS) is 17.1. The van der Waals surface area contributed by atoms with Crippen LogP contribution in [0.15, 0.2) is 29.2 Å². The smallest absolute Gasteiger partial charge is 0.243 e. The number of nitrogens with one attached hydrogen (secondary N) is 1. The Hall–Kier alpha value is -1.40. The Morgan fingerprint density at radius 1 is 1.22 bits per heavy atom. The summed E-state index contributed by atoms with van der Waals surface area (Å²) < 4.78 is 26.4. The van der Waals surface area contributed by atoms with Gasteiger partial charge in [0.2, 0.25) is 15.9 Å². The molecule has 1 amide bonds. The van der Waals surface area contributed by atoms with Gasteiger partial charge in [0.25, 0.3) is 0 Å². The van der Waals surface area contributed by atoms with Crippen LogP contribution in [0, 0.1) is 0 Å². The van der Waals surface area contributed by atoms with Crippen LogP contribution in [0.3, 0.4) is 0 Å². The summed E-state index contributed by atoms with van der Waals surface area (Å²) in [5, 5.41) is 2.93. The van der Waals surface area contributed by atoms with Crippen molar-refractivity contribution in [2.24, 2.45) is 0 Å². The molecule has 6 heteroatoms. The van der Waals surface area contributed by atoms with Crippen LogP contribution in [0.25, 0.3) is 0 Å². The lowest BCUT2D eigenvalue weighted by Crippen LogP contribution is -2.32. The zero-order chi connectivity index (χ0) is 16.9. The lowest BCUT2D eigenvalue weighted by Gasteiger charge is -2.15. The van der Waals surface area contributed by atoms with Crippen molar-refractivity contribution in [1.29, 1.82) is 0 Å². The minimum Gasteiger partial charge on any atom is -0.354 e. The summed E-state index contributed by atoms with van der Waals surface area (Å²) in [6, 6.07) is 7.10. The fourth-order valence-corrected chi connectivity index (χ4v) is 4.13. The van der Waals surface area contributed by atoms with E-state index in [1.54, 1.807) is 28.6 Å². The van der Waals surface area contributed by atoms with E-state index < -0.39 is 10.0 Å². The Kier molecular flexibility index (Phi) is 6.18. The first-order chi connectivity index (χ1) is 10.9. The average molecular weight is 338 g/mol. The third-order valence-corrected chi connectivity index (χ3v) is 6.20. The van der Waals surface area contributed by atoms with Crippen molar-refractivity contribution in [3.63, 3.8) is 0 Å². The van der Waals surface area contributed by atoms with E-state index >= 15 is 0 Å². The molecule has 1 heterocycles. The average Bonchev–Trinajstić information content (AvgIpc) is 3.08. The van der Waals surface area contributed by atoms with Gasteiger partial charge in [-0.05, 0) is 50.3 Å². The first-order valence-corrected chi connectivity index (χ1v) is 9.76. The first-order valence-electron chi connectivity index (χ1n) is 8.32. The summed E-state index contributed by atoms with van der Waals surface area (Å²) in [6.45, 7) is 5.24. The molecule has 1 aliphatic heterocycles. The molecule has 0 spiro atoms. The van der Waals surface area contributed by atoms with Gasteiger partial charge >= 0.3 is 0 Å². The zero-order valence-corrected chi connectivity index (χ0v) is 14.7. The van der Waals surface area contributed by atoms with Gasteiger partial charge in [0.1, 0.15) is 0 Å². The Bertz CT molecular complexity index is 620. The molecule has 23 heavy (non-hydrogen) atoms. The van der Waals surface area contributed by atoms with Crippen molar-refractivity contribution in [3.8, 4) is 0 Å². The molecule has 1 aromatic rings. The monoisotopic (exact) mass is 338 g/mol. The van der Waals surface area contributed by atoms with Crippen LogP contribution in [0.1, 0.15) is 45.1 Å². The molecule has 1 aliphatic rings. The SMILES string of the molecule is CC[C@H](C)NC(=O)CCc1ccc(S(=O)(=O)N2CCCC2)cc1. The summed E-state index contributed by atoms with van der Waals surface area (Å²) in [6.07, 6.45) is 3.81. The van der Waals surface area contributed by atoms with Gasteiger partial charge in [-0.1, -0.05) is 19.1 Å². The van der Waals surface area contributed by atoms with Crippen LogP contribution >= 0.6 is 0 Å². The minimum absolute atomic E-state index is 0.0353. The van der Waals surface area contributed by atoms with Crippen LogP contribution in [0.2, 0.25) is 0 Å². The lowest BCUT2D eigenvalue weighted by molar-refractivity contribution is -0.121. The van der Waals surface area contributed by atoms with E-state index in [2.05, 4.69) is 5.32 Å². The number of hydrogen-bond donors (Lipinski definition) is 1. The van der Waals surface area contributed by atoms with Crippen molar-refractivity contribution in [3.05, 3.63) is 29.8 Å². The molecule has 0 aromatic heterocycles. The predicted molar refractivity (Wildman–Crippen MR) is 90.7 cm³/mol. The number of carbonyl (C=O) groups is 1. The first kappa shape index (κ1) is 17.9. The van der Waals surface area contributed by atoms with Gasteiger partial charge in [-0.2, -0.15) is 4.31 Å². The molecule has 0 unspecified atom stereocenters. The maximum absolute atomic E-state index is 12.4. The van der Waals surface area contributed by atoms with Crippen LogP contribution in [0.5, 0.6) is 0 Å². The number of rotatable bonds is 7. The number of nitrogens with zero attached hydrogens (tertiary/aromatic N) is 1. The molecule has 2 rings (SSSR count). The van der Waals surface area contributed by atoms with Gasteiger partial charge in [-0.25, -0.2) is 8.42 Å². The van der Waals surface area contributed by atoms with E-state index in [4.69, 9.17) is 0 Å². The largest absolute Gasteiger partial charge is 0.354 e. The second-order valence-electron chi connectivity index (χ2n) is 6.13. The molecule has 0 saturated carbocycles. The number of sulfonamides is 1. The number of hydrogen-bond acceptors (Lipinski definition) is 3. The highest BCUT2D eigenvalue weighted by molar-refractivity contribution is 7.89. The fraction of sp³-hybridized carbons (Fsp3) is 0.588. The molecule has 1 saturated heterocycles. The molecule has 128 valence electrons. The number of amides is 1. The van der Waals surface area contributed by atoms with Gasteiger partial charge in [0.05, 0.1) is 4.90 Å². The summed E-state index contributed by atoms with van der Waals surface area (Å²) >= 11 is 0. The van der Waals surface area contributed by atoms with Crippen molar-refractivity contribution >= 4 is 15.9 Å². The third-order valence-electron chi connectivity index (χ3n) is 4.29. The molecule has 5 nitrogen and oxygen atoms in total. The predicted octanol–water partition coefficient (Wildman–Crippen LogP) is 2.32. The van der Waals surface area contributed by atoms with Crippen molar-refractivity contribution < 1.29 is 13.2 Å². The van der Waals surface area contributed by atoms with Gasteiger partial charge < -0.3 is 5.32 Å². The summed E-state index contributed by atoms with van der Waals surface area (Å²) in [7, 11) is -3.35. The highest BCUT2D eigenvalue weighted by Gasteiger charge is 2.26. The Balaban J connectivity index is 1.93. The Morgan fingerprint density at radius 3 is 2.39 bits per heavy atom. The van der Waals surface area contributed by atoms with Crippen molar-refractivity contribution in [2.75, 3.05) is 13.1 Å². The molecule has 1 aromatic carbocycles. The Labute approximate surface area is 139 Å². The van der Waals surface area contributed by atoms with E-state index in [0.717, 1.165) is 24.8 Å². The van der Waals surface area contributed by atoms with Gasteiger partial charge in [0.15, 0.2) is 0 Å². The van der Waals surface area contributed by atoms with E-state index in [1.807, 2.05) is 13.8 Å². The molecule has 0 radical (unpaired) electrons. The van der Waals surface area contributed by atoms with Crippen molar-refractivity contribution in [1.82, 2.24) is 9.62 Å². The Morgan fingerprint density at radius 2 is 1.83 bits per heavy atom. The van der Waals surface area contributed by atoms with Crippen molar-refractivity contribution in [2.45, 2.75) is 56.9 Å². The quantitative estimate of drug-likeness (QED) is 0.830. The summed E-state index contributed by atoms with van der Waals surface area (Å²) in [5.74, 6) is 0.0353. The van der Waals surface area contributed by atoms with E-state index in [0.29, 0.717) is 30.8 Å². The highest BCUT2D eigenvalue weighted by Crippen LogP contribution is 2.21. The summed E-state index contributed by atoms with van der Waals surface area (Å²) in [4.78, 5) is 12.1. The molecule has 1 atom stereocenters. The third kappa shape index (κ3) is 4.78. The molecular formula is C17H26N2O3S. The maximum Gasteiger partial charge on any atom is 0.243 e. The van der Waals surface area contributed by atoms with E-state index in [-0.39, 0.29) is 11.9 Å². The second kappa shape index (κ2) is 7.93. The fourth-order valence-electron chi connectivity index (χ4n) is 2.61. The zero-order valence-electron chi connectivity index (χ0n) is 13.9. The number of aryl methyl sites for hydroxylation is 1. The van der Waals surface area contributed by atoms with Gasteiger partial charge in [-0.3, -0.25) is 4.79 Å². The number of benzene rings is 1. The van der Waals surface area contributed by atoms with E-state index in [1.165, 1.54) is 0 Å². The molecule has 1 N–H and O–H groups in total.